The Kier molecular flexibility index (Phi) is 5.38. The molecular formula is C22H23Cl2FN2O. The first-order valence-electron chi connectivity index (χ1n) is 9.60. The van der Waals surface area contributed by atoms with Gasteiger partial charge in [-0.1, -0.05) is 36.2 Å². The first kappa shape index (κ1) is 19.7. The summed E-state index contributed by atoms with van der Waals surface area (Å²) >= 11 is 12.1. The van der Waals surface area contributed by atoms with Crippen molar-refractivity contribution < 1.29 is 9.18 Å². The molecule has 2 atom stereocenters. The van der Waals surface area contributed by atoms with Gasteiger partial charge in [0, 0.05) is 24.2 Å². The van der Waals surface area contributed by atoms with E-state index in [0.717, 1.165) is 31.4 Å². The molecule has 2 N–H and O–H groups in total. The van der Waals surface area contributed by atoms with Gasteiger partial charge in [0.25, 0.3) is 0 Å². The van der Waals surface area contributed by atoms with Crippen LogP contribution in [-0.2, 0) is 11.3 Å². The Morgan fingerprint density at radius 1 is 1.14 bits per heavy atom. The van der Waals surface area contributed by atoms with Crippen molar-refractivity contribution in [3.8, 4) is 0 Å². The fourth-order valence-corrected chi connectivity index (χ4v) is 5.09. The van der Waals surface area contributed by atoms with Crippen molar-refractivity contribution in [1.29, 1.82) is 0 Å². The van der Waals surface area contributed by atoms with Crippen molar-refractivity contribution in [2.45, 2.75) is 38.8 Å². The molecule has 5 rings (SSSR count). The summed E-state index contributed by atoms with van der Waals surface area (Å²) in [7, 11) is 0. The Labute approximate surface area is 174 Å². The molecule has 3 fully saturated rings. The Balaban J connectivity index is 1.33. The number of carbonyl (C=O) groups excluding carboxylic acids is 1. The van der Waals surface area contributed by atoms with Crippen LogP contribution < -0.4 is 10.6 Å². The number of benzene rings is 2. The van der Waals surface area contributed by atoms with Gasteiger partial charge in [0.05, 0.1) is 10.0 Å². The number of hydrogen-bond acceptors (Lipinski definition) is 2. The van der Waals surface area contributed by atoms with E-state index in [9.17, 15) is 9.18 Å². The lowest BCUT2D eigenvalue weighted by Crippen LogP contribution is -2.41. The van der Waals surface area contributed by atoms with Gasteiger partial charge in [-0.2, -0.15) is 0 Å². The van der Waals surface area contributed by atoms with E-state index in [0.29, 0.717) is 27.7 Å². The summed E-state index contributed by atoms with van der Waals surface area (Å²) in [6.07, 6.45) is 3.14. The largest absolute Gasteiger partial charge is 0.326 e. The van der Waals surface area contributed by atoms with E-state index in [1.807, 2.05) is 25.1 Å². The van der Waals surface area contributed by atoms with E-state index in [-0.39, 0.29) is 23.1 Å². The van der Waals surface area contributed by atoms with Crippen molar-refractivity contribution in [3.63, 3.8) is 0 Å². The Morgan fingerprint density at radius 2 is 1.86 bits per heavy atom. The molecule has 6 heteroatoms. The zero-order chi connectivity index (χ0) is 19.9. The maximum absolute atomic E-state index is 13.0. The van der Waals surface area contributed by atoms with Gasteiger partial charge in [-0.05, 0) is 72.6 Å². The van der Waals surface area contributed by atoms with Crippen LogP contribution in [0.25, 0.3) is 0 Å². The van der Waals surface area contributed by atoms with Crippen molar-refractivity contribution in [2.75, 3.05) is 5.32 Å². The molecule has 148 valence electrons. The lowest BCUT2D eigenvalue weighted by atomic mass is 9.62. The molecule has 28 heavy (non-hydrogen) atoms. The third-order valence-corrected chi connectivity index (χ3v) is 7.25. The summed E-state index contributed by atoms with van der Waals surface area (Å²) in [6.45, 7) is 2.75. The Bertz CT molecular complexity index is 881. The highest BCUT2D eigenvalue weighted by Crippen LogP contribution is 2.62. The topological polar surface area (TPSA) is 41.1 Å². The highest BCUT2D eigenvalue weighted by molar-refractivity contribution is 6.42. The number of nitrogens with one attached hydrogen (secondary N) is 2. The second-order valence-corrected chi connectivity index (χ2v) is 9.00. The summed E-state index contributed by atoms with van der Waals surface area (Å²) in [5.74, 6) is 0.239. The molecule has 0 radical (unpaired) electrons. The predicted molar refractivity (Wildman–Crippen MR) is 111 cm³/mol. The molecule has 0 heterocycles. The number of fused-ring (bicyclic) bond motifs is 1. The quantitative estimate of drug-likeness (QED) is 0.632. The number of rotatable bonds is 6. The van der Waals surface area contributed by atoms with E-state index < -0.39 is 0 Å². The van der Waals surface area contributed by atoms with Gasteiger partial charge in [-0.3, -0.25) is 4.79 Å². The summed E-state index contributed by atoms with van der Waals surface area (Å²) in [5.41, 5.74) is 1.80. The molecule has 0 spiro atoms. The van der Waals surface area contributed by atoms with Crippen molar-refractivity contribution >= 4 is 34.8 Å². The average Bonchev–Trinajstić information content (AvgIpc) is 3.19. The predicted octanol–water partition coefficient (Wildman–Crippen LogP) is 5.67. The van der Waals surface area contributed by atoms with Gasteiger partial charge >= 0.3 is 0 Å². The minimum Gasteiger partial charge on any atom is -0.326 e. The minimum atomic E-state index is -0.307. The van der Waals surface area contributed by atoms with E-state index >= 15 is 0 Å². The number of hydrogen-bond donors (Lipinski definition) is 2. The number of amides is 1. The molecule has 1 unspecified atom stereocenters. The van der Waals surface area contributed by atoms with Crippen LogP contribution in [0.2, 0.25) is 10.0 Å². The van der Waals surface area contributed by atoms with Crippen LogP contribution in [0.15, 0.2) is 42.5 Å². The van der Waals surface area contributed by atoms with Crippen LogP contribution in [0.1, 0.15) is 31.7 Å². The van der Waals surface area contributed by atoms with Gasteiger partial charge in [0.1, 0.15) is 5.82 Å². The zero-order valence-electron chi connectivity index (χ0n) is 15.6. The van der Waals surface area contributed by atoms with E-state index in [1.165, 1.54) is 12.1 Å². The molecule has 0 saturated heterocycles. The fourth-order valence-electron chi connectivity index (χ4n) is 4.77. The lowest BCUT2D eigenvalue weighted by molar-refractivity contribution is -0.125. The van der Waals surface area contributed by atoms with Crippen molar-refractivity contribution in [3.05, 3.63) is 63.9 Å². The van der Waals surface area contributed by atoms with Crippen LogP contribution >= 0.6 is 23.2 Å². The maximum atomic E-state index is 13.0. The monoisotopic (exact) mass is 420 g/mol. The Hall–Kier alpha value is -1.62. The Morgan fingerprint density at radius 3 is 2.54 bits per heavy atom. The zero-order valence-corrected chi connectivity index (χ0v) is 17.2. The van der Waals surface area contributed by atoms with Crippen LogP contribution in [0, 0.1) is 23.1 Å². The van der Waals surface area contributed by atoms with E-state index in [4.69, 9.17) is 23.2 Å². The summed E-state index contributed by atoms with van der Waals surface area (Å²) in [6, 6.07) is 12.0. The van der Waals surface area contributed by atoms with Crippen molar-refractivity contribution in [1.82, 2.24) is 5.32 Å². The highest BCUT2D eigenvalue weighted by Gasteiger charge is 2.59. The van der Waals surface area contributed by atoms with Gasteiger partial charge in [-0.25, -0.2) is 4.39 Å². The molecule has 3 aliphatic rings. The highest BCUT2D eigenvalue weighted by atomic mass is 35.5. The first-order chi connectivity index (χ1) is 13.4. The number of carbonyl (C=O) groups is 1. The summed E-state index contributed by atoms with van der Waals surface area (Å²) < 4.78 is 13.0. The third kappa shape index (κ3) is 3.78. The molecule has 2 aromatic rings. The number of halogens is 3. The van der Waals surface area contributed by atoms with Crippen molar-refractivity contribution in [2.24, 2.45) is 17.3 Å². The molecule has 0 aliphatic heterocycles. The molecule has 3 aliphatic carbocycles. The van der Waals surface area contributed by atoms with Gasteiger partial charge in [0.15, 0.2) is 0 Å². The SMILES string of the molecule is C[C@H](C(=O)Nc1ccc(F)cc1)C12CC(C1)C(NCc1ccc(Cl)c(Cl)c1)C2. The average molecular weight is 421 g/mol. The van der Waals surface area contributed by atoms with E-state index in [1.54, 1.807) is 12.1 Å². The second-order valence-electron chi connectivity index (χ2n) is 8.19. The minimum absolute atomic E-state index is 0.00944. The smallest absolute Gasteiger partial charge is 0.227 e. The van der Waals surface area contributed by atoms with Gasteiger partial charge in [-0.15, -0.1) is 0 Å². The van der Waals surface area contributed by atoms with E-state index in [2.05, 4.69) is 10.6 Å². The van der Waals surface area contributed by atoms with Crippen LogP contribution in [-0.4, -0.2) is 11.9 Å². The second kappa shape index (κ2) is 7.66. The van der Waals surface area contributed by atoms with Gasteiger partial charge in [0.2, 0.25) is 5.91 Å². The van der Waals surface area contributed by atoms with Crippen LogP contribution in [0.3, 0.4) is 0 Å². The van der Waals surface area contributed by atoms with Crippen LogP contribution in [0.5, 0.6) is 0 Å². The summed E-state index contributed by atoms with van der Waals surface area (Å²) in [5, 5.41) is 7.69. The first-order valence-corrected chi connectivity index (χ1v) is 10.4. The third-order valence-electron chi connectivity index (χ3n) is 6.51. The molecule has 3 saturated carbocycles. The molecule has 0 aromatic heterocycles. The molecule has 3 nitrogen and oxygen atoms in total. The lowest BCUT2D eigenvalue weighted by Gasteiger charge is -2.42. The van der Waals surface area contributed by atoms with Gasteiger partial charge < -0.3 is 10.6 Å². The fraction of sp³-hybridized carbons (Fsp3) is 0.409. The van der Waals surface area contributed by atoms with Crippen LogP contribution in [0.4, 0.5) is 10.1 Å². The number of anilines is 1. The standard InChI is InChI=1S/C22H23Cl2FN2O/c1-13(21(28)27-17-5-3-16(25)4-6-17)22-9-15(10-22)20(11-22)26-12-14-2-7-18(23)19(24)8-14/h2-8,13,15,20,26H,9-12H2,1H3,(H,27,28)/t13-,15?,20?,22?/m1/s1. The molecule has 2 bridgehead atoms. The molecular weight excluding hydrogens is 398 g/mol. The maximum Gasteiger partial charge on any atom is 0.227 e. The normalized spacial score (nSPS) is 26.6. The molecule has 1 amide bonds. The molecule has 2 aromatic carbocycles. The summed E-state index contributed by atoms with van der Waals surface area (Å²) in [4.78, 5) is 12.7.